The Bertz CT molecular complexity index is 1330. The Labute approximate surface area is 162 Å². The van der Waals surface area contributed by atoms with E-state index in [1.807, 2.05) is 0 Å². The molecule has 2 aromatic carbocycles. The second kappa shape index (κ2) is 7.04. The number of rotatable bonds is 5. The van der Waals surface area contributed by atoms with Gasteiger partial charge in [0.1, 0.15) is 5.58 Å². The molecular formula is C18H18N2O6S2. The summed E-state index contributed by atoms with van der Waals surface area (Å²) in [6, 6.07) is 11.0. The van der Waals surface area contributed by atoms with Crippen molar-refractivity contribution in [3.05, 3.63) is 64.5 Å². The van der Waals surface area contributed by atoms with Crippen molar-refractivity contribution in [2.24, 2.45) is 0 Å². The van der Waals surface area contributed by atoms with Crippen molar-refractivity contribution >= 4 is 36.7 Å². The summed E-state index contributed by atoms with van der Waals surface area (Å²) in [7, 11) is -4.92. The predicted molar refractivity (Wildman–Crippen MR) is 105 cm³/mol. The van der Waals surface area contributed by atoms with Crippen LogP contribution in [0.3, 0.4) is 0 Å². The van der Waals surface area contributed by atoms with Crippen LogP contribution in [0.25, 0.3) is 11.0 Å². The highest BCUT2D eigenvalue weighted by Gasteiger charge is 2.21. The highest BCUT2D eigenvalue weighted by atomic mass is 32.2. The van der Waals surface area contributed by atoms with E-state index in [1.165, 1.54) is 62.6 Å². The lowest BCUT2D eigenvalue weighted by Crippen LogP contribution is -2.22. The van der Waals surface area contributed by atoms with Gasteiger partial charge in [0.15, 0.2) is 0 Å². The SMILES string of the molecule is Cc1ccc(S(=O)(=O)N(C)C)cc1NS(=O)(=O)c1ccc2oc(=O)ccc2c1. The van der Waals surface area contributed by atoms with Gasteiger partial charge in [-0.1, -0.05) is 6.07 Å². The molecule has 3 rings (SSSR count). The molecule has 148 valence electrons. The number of anilines is 1. The molecule has 0 saturated heterocycles. The van der Waals surface area contributed by atoms with Crippen LogP contribution in [0.15, 0.2) is 67.5 Å². The third-order valence-corrected chi connectivity index (χ3v) is 7.31. The van der Waals surface area contributed by atoms with Gasteiger partial charge in [0.25, 0.3) is 10.0 Å². The minimum absolute atomic E-state index is 0.0268. The lowest BCUT2D eigenvalue weighted by Gasteiger charge is -2.15. The number of hydrogen-bond donors (Lipinski definition) is 1. The summed E-state index contributed by atoms with van der Waals surface area (Å²) in [6.07, 6.45) is 0. The van der Waals surface area contributed by atoms with E-state index in [0.717, 1.165) is 4.31 Å². The molecule has 0 unspecified atom stereocenters. The fraction of sp³-hybridized carbons (Fsp3) is 0.167. The van der Waals surface area contributed by atoms with Gasteiger partial charge in [-0.15, -0.1) is 0 Å². The Balaban J connectivity index is 2.03. The second-order valence-corrected chi connectivity index (χ2v) is 10.2. The summed E-state index contributed by atoms with van der Waals surface area (Å²) in [6.45, 7) is 1.67. The summed E-state index contributed by atoms with van der Waals surface area (Å²) in [5.74, 6) is 0. The number of nitrogens with one attached hydrogen (secondary N) is 1. The summed E-state index contributed by atoms with van der Waals surface area (Å²) in [5.41, 5.74) is 0.452. The fourth-order valence-electron chi connectivity index (χ4n) is 2.50. The molecule has 3 aromatic rings. The van der Waals surface area contributed by atoms with Crippen molar-refractivity contribution in [1.82, 2.24) is 4.31 Å². The molecule has 0 fully saturated rings. The van der Waals surface area contributed by atoms with Crippen molar-refractivity contribution in [3.63, 3.8) is 0 Å². The molecular weight excluding hydrogens is 404 g/mol. The van der Waals surface area contributed by atoms with Gasteiger partial charge in [0, 0.05) is 25.5 Å². The van der Waals surface area contributed by atoms with E-state index < -0.39 is 25.7 Å². The Morgan fingerprint density at radius 3 is 2.25 bits per heavy atom. The van der Waals surface area contributed by atoms with Crippen LogP contribution in [0.5, 0.6) is 0 Å². The van der Waals surface area contributed by atoms with E-state index in [-0.39, 0.29) is 21.1 Å². The Kier molecular flexibility index (Phi) is 5.04. The number of sulfonamides is 2. The third-order valence-electron chi connectivity index (χ3n) is 4.13. The van der Waals surface area contributed by atoms with Gasteiger partial charge in [0.05, 0.1) is 15.5 Å². The van der Waals surface area contributed by atoms with Crippen LogP contribution in [-0.2, 0) is 20.0 Å². The second-order valence-electron chi connectivity index (χ2n) is 6.32. The van der Waals surface area contributed by atoms with Gasteiger partial charge in [0.2, 0.25) is 10.0 Å². The molecule has 10 heteroatoms. The van der Waals surface area contributed by atoms with Gasteiger partial charge in [-0.3, -0.25) is 4.72 Å². The molecule has 0 atom stereocenters. The average Bonchev–Trinajstić information content (AvgIpc) is 2.62. The maximum absolute atomic E-state index is 12.8. The number of hydrogen-bond acceptors (Lipinski definition) is 6. The van der Waals surface area contributed by atoms with Crippen molar-refractivity contribution in [3.8, 4) is 0 Å². The summed E-state index contributed by atoms with van der Waals surface area (Å²) < 4.78 is 58.7. The van der Waals surface area contributed by atoms with Crippen LogP contribution in [0.1, 0.15) is 5.56 Å². The van der Waals surface area contributed by atoms with Gasteiger partial charge in [-0.2, -0.15) is 0 Å². The molecule has 0 amide bonds. The maximum atomic E-state index is 12.8. The third kappa shape index (κ3) is 3.79. The van der Waals surface area contributed by atoms with Crippen molar-refractivity contribution in [2.45, 2.75) is 16.7 Å². The Hall–Kier alpha value is -2.69. The number of benzene rings is 2. The zero-order valence-corrected chi connectivity index (χ0v) is 17.0. The van der Waals surface area contributed by atoms with Gasteiger partial charge in [-0.05, 0) is 48.9 Å². The molecule has 0 aliphatic rings. The van der Waals surface area contributed by atoms with E-state index in [1.54, 1.807) is 6.92 Å². The molecule has 1 heterocycles. The summed E-state index contributed by atoms with van der Waals surface area (Å²) in [5, 5.41) is 0.447. The van der Waals surface area contributed by atoms with Crippen LogP contribution in [0.2, 0.25) is 0 Å². The molecule has 8 nitrogen and oxygen atoms in total. The van der Waals surface area contributed by atoms with E-state index >= 15 is 0 Å². The monoisotopic (exact) mass is 422 g/mol. The largest absolute Gasteiger partial charge is 0.423 e. The summed E-state index contributed by atoms with van der Waals surface area (Å²) >= 11 is 0. The van der Waals surface area contributed by atoms with Crippen LogP contribution in [0, 0.1) is 6.92 Å². The Morgan fingerprint density at radius 2 is 1.57 bits per heavy atom. The molecule has 0 radical (unpaired) electrons. The zero-order valence-electron chi connectivity index (χ0n) is 15.3. The van der Waals surface area contributed by atoms with Gasteiger partial charge in [-0.25, -0.2) is 25.9 Å². The fourth-order valence-corrected chi connectivity index (χ4v) is 4.59. The van der Waals surface area contributed by atoms with E-state index in [9.17, 15) is 21.6 Å². The van der Waals surface area contributed by atoms with Crippen molar-refractivity contribution in [2.75, 3.05) is 18.8 Å². The number of nitrogens with zero attached hydrogens (tertiary/aromatic N) is 1. The van der Waals surface area contributed by atoms with Crippen LogP contribution in [0.4, 0.5) is 5.69 Å². The molecule has 0 aliphatic carbocycles. The Morgan fingerprint density at radius 1 is 0.893 bits per heavy atom. The standard InChI is InChI=1S/C18H18N2O6S2/c1-12-4-6-15(28(24,25)20(2)3)11-16(12)19-27(22,23)14-7-8-17-13(10-14)5-9-18(21)26-17/h4-11,19H,1-3H3. The highest BCUT2D eigenvalue weighted by molar-refractivity contribution is 7.92. The quantitative estimate of drug-likeness (QED) is 0.630. The molecule has 28 heavy (non-hydrogen) atoms. The van der Waals surface area contributed by atoms with Crippen molar-refractivity contribution < 1.29 is 21.3 Å². The van der Waals surface area contributed by atoms with Crippen LogP contribution in [-0.4, -0.2) is 35.2 Å². The molecule has 1 N–H and O–H groups in total. The first-order valence-corrected chi connectivity index (χ1v) is 11.0. The minimum Gasteiger partial charge on any atom is -0.423 e. The minimum atomic E-state index is -4.00. The maximum Gasteiger partial charge on any atom is 0.336 e. The van der Waals surface area contributed by atoms with Crippen LogP contribution >= 0.6 is 0 Å². The first-order valence-electron chi connectivity index (χ1n) is 8.11. The lowest BCUT2D eigenvalue weighted by molar-refractivity contribution is 0.520. The van der Waals surface area contributed by atoms with Crippen LogP contribution < -0.4 is 10.3 Å². The predicted octanol–water partition coefficient (Wildman–Crippen LogP) is 2.15. The molecule has 0 saturated carbocycles. The van der Waals surface area contributed by atoms with E-state index in [2.05, 4.69) is 4.72 Å². The zero-order chi connectivity index (χ0) is 20.7. The van der Waals surface area contributed by atoms with Gasteiger partial charge >= 0.3 is 5.63 Å². The molecule has 1 aromatic heterocycles. The summed E-state index contributed by atoms with van der Waals surface area (Å²) in [4.78, 5) is 11.2. The molecule has 0 bridgehead atoms. The first kappa shape index (κ1) is 20.1. The smallest absolute Gasteiger partial charge is 0.336 e. The van der Waals surface area contributed by atoms with E-state index in [0.29, 0.717) is 10.9 Å². The number of aryl methyl sites for hydroxylation is 1. The van der Waals surface area contributed by atoms with Gasteiger partial charge < -0.3 is 4.42 Å². The van der Waals surface area contributed by atoms with Crippen molar-refractivity contribution in [1.29, 1.82) is 0 Å². The van der Waals surface area contributed by atoms with E-state index in [4.69, 9.17) is 4.42 Å². The first-order chi connectivity index (χ1) is 13.0. The normalized spacial score (nSPS) is 12.4. The molecule has 0 spiro atoms. The molecule has 0 aliphatic heterocycles. The average molecular weight is 422 g/mol. The topological polar surface area (TPSA) is 114 Å². The number of fused-ring (bicyclic) bond motifs is 1. The lowest BCUT2D eigenvalue weighted by atomic mass is 10.2. The highest BCUT2D eigenvalue weighted by Crippen LogP contribution is 2.25.